The zero-order valence-corrected chi connectivity index (χ0v) is 16.8. The molecule has 2 N–H and O–H groups in total. The number of hydrogen-bond donors (Lipinski definition) is 1. The van der Waals surface area contributed by atoms with E-state index in [4.69, 9.17) is 5.73 Å². The smallest absolute Gasteiger partial charge is 0.366 e. The van der Waals surface area contributed by atoms with Crippen LogP contribution in [-0.4, -0.2) is 25.2 Å². The third kappa shape index (κ3) is 5.29. The Bertz CT molecular complexity index is 1090. The summed E-state index contributed by atoms with van der Waals surface area (Å²) in [5.74, 6) is -1.08. The van der Waals surface area contributed by atoms with Crippen LogP contribution in [0, 0.1) is 0 Å². The summed E-state index contributed by atoms with van der Waals surface area (Å²) < 4.78 is 77.5. The summed E-state index contributed by atoms with van der Waals surface area (Å²) >= 11 is 0. The van der Waals surface area contributed by atoms with Crippen LogP contribution in [0.2, 0.25) is 0 Å². The lowest BCUT2D eigenvalue weighted by Crippen LogP contribution is -2.16. The lowest BCUT2D eigenvalue weighted by molar-refractivity contribution is -0.141. The fraction of sp³-hybridized carbons (Fsp3) is 0.350. The maximum Gasteiger partial charge on any atom is 0.433 e. The normalized spacial score (nSPS) is 13.8. The second kappa shape index (κ2) is 8.67. The van der Waals surface area contributed by atoms with Gasteiger partial charge in [0, 0.05) is 43.4 Å². The number of aryl methyl sites for hydroxylation is 3. The number of alkyl halides is 6. The van der Waals surface area contributed by atoms with E-state index in [-0.39, 0.29) is 0 Å². The first-order valence-electron chi connectivity index (χ1n) is 9.49. The van der Waals surface area contributed by atoms with E-state index in [0.717, 1.165) is 54.5 Å². The molecule has 12 heteroatoms. The molecule has 3 aromatic rings. The van der Waals surface area contributed by atoms with E-state index in [1.165, 1.54) is 13.2 Å². The fourth-order valence-electron chi connectivity index (χ4n) is 3.31. The molecule has 4 rings (SSSR count). The number of rotatable bonds is 2. The Labute approximate surface area is 178 Å². The molecule has 0 fully saturated rings. The number of halogens is 6. The highest BCUT2D eigenvalue weighted by Crippen LogP contribution is 2.32. The Balaban J connectivity index is 0.000000195. The largest absolute Gasteiger partial charge is 0.433 e. The Kier molecular flexibility index (Phi) is 6.33. The van der Waals surface area contributed by atoms with Crippen LogP contribution in [0.1, 0.15) is 40.2 Å². The Morgan fingerprint density at radius 3 is 2.34 bits per heavy atom. The first-order chi connectivity index (χ1) is 14.9. The van der Waals surface area contributed by atoms with Crippen molar-refractivity contribution in [1.29, 1.82) is 0 Å². The molecule has 0 spiro atoms. The van der Waals surface area contributed by atoms with Crippen molar-refractivity contribution in [2.45, 2.75) is 38.2 Å². The molecule has 1 aliphatic heterocycles. The Hall–Kier alpha value is -3.31. The molecular formula is C20H19F6N5O. The summed E-state index contributed by atoms with van der Waals surface area (Å²) in [7, 11) is 1.39. The predicted molar refractivity (Wildman–Crippen MR) is 102 cm³/mol. The van der Waals surface area contributed by atoms with Crippen LogP contribution in [0.15, 0.2) is 36.8 Å². The highest BCUT2D eigenvalue weighted by Gasteiger charge is 2.36. The second-order valence-corrected chi connectivity index (χ2v) is 7.24. The molecule has 32 heavy (non-hydrogen) atoms. The number of primary amides is 1. The first kappa shape index (κ1) is 23.4. The number of pyridine rings is 1. The minimum absolute atomic E-state index is 0.462. The van der Waals surface area contributed by atoms with Crippen molar-refractivity contribution in [2.75, 3.05) is 0 Å². The van der Waals surface area contributed by atoms with E-state index in [0.29, 0.717) is 11.3 Å². The van der Waals surface area contributed by atoms with E-state index in [1.807, 2.05) is 10.7 Å². The van der Waals surface area contributed by atoms with Crippen molar-refractivity contribution >= 4 is 5.91 Å². The summed E-state index contributed by atoms with van der Waals surface area (Å²) in [4.78, 5) is 13.9. The predicted octanol–water partition coefficient (Wildman–Crippen LogP) is 4.44. The molecule has 172 valence electrons. The van der Waals surface area contributed by atoms with Crippen molar-refractivity contribution < 1.29 is 31.1 Å². The van der Waals surface area contributed by atoms with Gasteiger partial charge in [-0.1, -0.05) is 0 Å². The third-order valence-electron chi connectivity index (χ3n) is 4.79. The minimum Gasteiger partial charge on any atom is -0.366 e. The lowest BCUT2D eigenvalue weighted by atomic mass is 10.1. The van der Waals surface area contributed by atoms with E-state index < -0.39 is 35.1 Å². The molecule has 0 atom stereocenters. The van der Waals surface area contributed by atoms with Crippen LogP contribution in [-0.2, 0) is 32.4 Å². The van der Waals surface area contributed by atoms with Gasteiger partial charge in [-0.2, -0.15) is 31.4 Å². The monoisotopic (exact) mass is 459 g/mol. The standard InChI is InChI=1S/C13H12F3N3.C7H7F3N2O/c14-13(15,16)12-7-9(4-5-17-12)11-8-10-3-1-2-6-19(10)18-11;1-12-2-4(6(11)13)5(3-12)7(8,9)10/h4-5,7-8H,1-3,6H2;2-3H,1H3,(H2,11,13). The molecule has 0 bridgehead atoms. The van der Waals surface area contributed by atoms with Gasteiger partial charge in [0.25, 0.3) is 5.91 Å². The average molecular weight is 459 g/mol. The van der Waals surface area contributed by atoms with E-state index in [2.05, 4.69) is 10.1 Å². The van der Waals surface area contributed by atoms with Crippen molar-refractivity contribution in [1.82, 2.24) is 19.3 Å². The first-order valence-corrected chi connectivity index (χ1v) is 9.49. The summed E-state index contributed by atoms with van der Waals surface area (Å²) in [6, 6.07) is 4.48. The zero-order valence-electron chi connectivity index (χ0n) is 16.8. The lowest BCUT2D eigenvalue weighted by Gasteiger charge is -2.11. The number of hydrogen-bond acceptors (Lipinski definition) is 3. The topological polar surface area (TPSA) is 78.7 Å². The molecule has 0 aliphatic carbocycles. The number of fused-ring (bicyclic) bond motifs is 1. The van der Waals surface area contributed by atoms with Crippen molar-refractivity contribution in [3.8, 4) is 11.3 Å². The fourth-order valence-corrected chi connectivity index (χ4v) is 3.31. The van der Waals surface area contributed by atoms with Gasteiger partial charge in [-0.15, -0.1) is 0 Å². The molecular weight excluding hydrogens is 440 g/mol. The number of carbonyl (C=O) groups is 1. The van der Waals surface area contributed by atoms with Gasteiger partial charge in [0.05, 0.1) is 16.8 Å². The number of amides is 1. The van der Waals surface area contributed by atoms with Crippen LogP contribution in [0.3, 0.4) is 0 Å². The summed E-state index contributed by atoms with van der Waals surface area (Å²) in [5.41, 5.74) is 4.53. The number of aromatic nitrogens is 4. The van der Waals surface area contributed by atoms with Crippen molar-refractivity contribution in [3.05, 3.63) is 59.3 Å². The van der Waals surface area contributed by atoms with Gasteiger partial charge in [0.2, 0.25) is 0 Å². The number of carbonyl (C=O) groups excluding carboxylic acids is 1. The quantitative estimate of drug-likeness (QED) is 0.576. The molecule has 0 aromatic carbocycles. The Morgan fingerprint density at radius 1 is 1.06 bits per heavy atom. The molecule has 3 aromatic heterocycles. The van der Waals surface area contributed by atoms with Crippen LogP contribution in [0.5, 0.6) is 0 Å². The van der Waals surface area contributed by atoms with Gasteiger partial charge in [0.15, 0.2) is 0 Å². The van der Waals surface area contributed by atoms with Crippen LogP contribution >= 0.6 is 0 Å². The number of nitrogens with zero attached hydrogens (tertiary/aromatic N) is 4. The molecule has 0 saturated heterocycles. The zero-order chi connectivity index (χ0) is 23.7. The van der Waals surface area contributed by atoms with Gasteiger partial charge < -0.3 is 10.3 Å². The van der Waals surface area contributed by atoms with E-state index >= 15 is 0 Å². The highest BCUT2D eigenvalue weighted by atomic mass is 19.4. The number of nitrogens with two attached hydrogens (primary N) is 1. The van der Waals surface area contributed by atoms with Crippen LogP contribution < -0.4 is 5.73 Å². The molecule has 1 aliphatic rings. The van der Waals surface area contributed by atoms with Crippen molar-refractivity contribution in [3.63, 3.8) is 0 Å². The SMILES string of the molecule is Cn1cc(C(N)=O)c(C(F)(F)F)c1.FC(F)(F)c1cc(-c2cc3n(n2)CCCC3)ccn1. The van der Waals surface area contributed by atoms with Gasteiger partial charge in [-0.25, -0.2) is 0 Å². The van der Waals surface area contributed by atoms with E-state index in [9.17, 15) is 31.1 Å². The molecule has 0 saturated carbocycles. The average Bonchev–Trinajstić information content (AvgIpc) is 3.31. The highest BCUT2D eigenvalue weighted by molar-refractivity contribution is 5.94. The van der Waals surface area contributed by atoms with Gasteiger partial charge in [0.1, 0.15) is 5.69 Å². The molecule has 1 amide bonds. The molecule has 6 nitrogen and oxygen atoms in total. The second-order valence-electron chi connectivity index (χ2n) is 7.24. The molecule has 0 radical (unpaired) electrons. The Morgan fingerprint density at radius 2 is 1.78 bits per heavy atom. The third-order valence-corrected chi connectivity index (χ3v) is 4.79. The van der Waals surface area contributed by atoms with Gasteiger partial charge in [-0.3, -0.25) is 14.5 Å². The van der Waals surface area contributed by atoms with Gasteiger partial charge in [-0.05, 0) is 37.5 Å². The summed E-state index contributed by atoms with van der Waals surface area (Å²) in [6.45, 7) is 0.840. The van der Waals surface area contributed by atoms with Crippen molar-refractivity contribution in [2.24, 2.45) is 12.8 Å². The van der Waals surface area contributed by atoms with Gasteiger partial charge >= 0.3 is 12.4 Å². The maximum absolute atomic E-state index is 12.6. The summed E-state index contributed by atoms with van der Waals surface area (Å²) in [5, 5.41) is 4.37. The van der Waals surface area contributed by atoms with Crippen LogP contribution in [0.4, 0.5) is 26.3 Å². The maximum atomic E-state index is 12.6. The minimum atomic E-state index is -4.54. The summed E-state index contributed by atoms with van der Waals surface area (Å²) in [6.07, 6.45) is -2.81. The van der Waals surface area contributed by atoms with E-state index in [1.54, 1.807) is 6.07 Å². The van der Waals surface area contributed by atoms with Crippen LogP contribution in [0.25, 0.3) is 11.3 Å². The molecule has 0 unspecified atom stereocenters. The molecule has 4 heterocycles.